The van der Waals surface area contributed by atoms with Gasteiger partial charge in [0, 0.05) is 0 Å². The van der Waals surface area contributed by atoms with Crippen molar-refractivity contribution in [1.29, 1.82) is 0 Å². The van der Waals surface area contributed by atoms with Crippen molar-refractivity contribution in [3.05, 3.63) is 32.6 Å². The molecule has 0 saturated heterocycles. The van der Waals surface area contributed by atoms with Gasteiger partial charge in [-0.1, -0.05) is 0 Å². The molecule has 0 saturated carbocycles. The Morgan fingerprint density at radius 1 is 0.594 bits per heavy atom. The number of ether oxygens (including phenoxy) is 6. The Morgan fingerprint density at radius 2 is 0.906 bits per heavy atom. The van der Waals surface area contributed by atoms with E-state index >= 15 is 0 Å². The first-order chi connectivity index (χ1) is 15.6. The lowest BCUT2D eigenvalue weighted by molar-refractivity contribution is -0.00702. The van der Waals surface area contributed by atoms with E-state index in [-0.39, 0.29) is 23.0 Å². The van der Waals surface area contributed by atoms with Crippen LogP contribution < -0.4 is 9.47 Å². The zero-order valence-electron chi connectivity index (χ0n) is 17.4. The van der Waals surface area contributed by atoms with Crippen LogP contribution in [0.15, 0.2) is 22.9 Å². The van der Waals surface area contributed by atoms with E-state index in [1.165, 1.54) is 0 Å². The number of carbonyl (C=O) groups is 2. The molecule has 32 heavy (non-hydrogen) atoms. The molecular weight excluding hydrogens is 464 g/mol. The molecule has 0 aliphatic heterocycles. The third-order valence-electron chi connectivity index (χ3n) is 3.73. The number of thiophene rings is 2. The van der Waals surface area contributed by atoms with Crippen LogP contribution in [0.1, 0.15) is 19.3 Å². The van der Waals surface area contributed by atoms with Crippen LogP contribution in [0, 0.1) is 0 Å². The van der Waals surface area contributed by atoms with Crippen molar-refractivity contribution in [2.45, 2.75) is 0 Å². The molecule has 0 radical (unpaired) electrons. The Bertz CT molecular complexity index is 738. The van der Waals surface area contributed by atoms with Gasteiger partial charge in [-0.25, -0.2) is 9.59 Å². The third-order valence-corrected chi connectivity index (χ3v) is 5.50. The molecule has 0 amide bonds. The van der Waals surface area contributed by atoms with Gasteiger partial charge in [-0.05, 0) is 22.9 Å². The first kappa shape index (κ1) is 26.0. The number of hydrogen-bond acceptors (Lipinski definition) is 10. The Labute approximate surface area is 193 Å². The van der Waals surface area contributed by atoms with Crippen LogP contribution in [-0.4, -0.2) is 88.2 Å². The summed E-state index contributed by atoms with van der Waals surface area (Å²) in [4.78, 5) is 22.3. The molecule has 10 nitrogen and oxygen atoms in total. The van der Waals surface area contributed by atoms with Crippen molar-refractivity contribution in [3.63, 3.8) is 0 Å². The summed E-state index contributed by atoms with van der Waals surface area (Å²) in [6.45, 7) is 3.67. The molecule has 2 rings (SSSR count). The highest BCUT2D eigenvalue weighted by atomic mass is 32.1. The smallest absolute Gasteiger partial charge is 0.349 e. The molecule has 178 valence electrons. The van der Waals surface area contributed by atoms with E-state index in [1.807, 2.05) is 0 Å². The second kappa shape index (κ2) is 15.6. The number of aromatic carboxylic acids is 2. The first-order valence-electron chi connectivity index (χ1n) is 9.77. The molecule has 0 aliphatic carbocycles. The van der Waals surface area contributed by atoms with Gasteiger partial charge in [0.05, 0.1) is 52.9 Å². The monoisotopic (exact) mass is 490 g/mol. The molecule has 12 heteroatoms. The Morgan fingerprint density at radius 3 is 1.22 bits per heavy atom. The lowest BCUT2D eigenvalue weighted by atomic mass is 10.4. The van der Waals surface area contributed by atoms with Crippen LogP contribution in [0.4, 0.5) is 0 Å². The van der Waals surface area contributed by atoms with Gasteiger partial charge < -0.3 is 38.6 Å². The second-order valence-electron chi connectivity index (χ2n) is 5.98. The normalized spacial score (nSPS) is 10.9. The van der Waals surface area contributed by atoms with Crippen LogP contribution >= 0.6 is 22.7 Å². The molecule has 0 fully saturated rings. The van der Waals surface area contributed by atoms with Crippen molar-refractivity contribution in [3.8, 4) is 11.5 Å². The second-order valence-corrected chi connectivity index (χ2v) is 7.82. The summed E-state index contributed by atoms with van der Waals surface area (Å²) >= 11 is 2.24. The summed E-state index contributed by atoms with van der Waals surface area (Å²) in [6.07, 6.45) is 0. The molecule has 0 atom stereocenters. The largest absolute Gasteiger partial charge is 0.489 e. The van der Waals surface area contributed by atoms with Crippen LogP contribution in [0.25, 0.3) is 0 Å². The van der Waals surface area contributed by atoms with Gasteiger partial charge >= 0.3 is 11.9 Å². The zero-order chi connectivity index (χ0) is 23.0. The first-order valence-corrected chi connectivity index (χ1v) is 11.5. The molecule has 0 spiro atoms. The van der Waals surface area contributed by atoms with E-state index in [9.17, 15) is 9.59 Å². The number of hydrogen-bond donors (Lipinski definition) is 2. The fraction of sp³-hybridized carbons (Fsp3) is 0.500. The van der Waals surface area contributed by atoms with Gasteiger partial charge in [0.1, 0.15) is 24.7 Å². The van der Waals surface area contributed by atoms with Crippen LogP contribution in [-0.2, 0) is 18.9 Å². The minimum Gasteiger partial charge on any atom is -0.489 e. The summed E-state index contributed by atoms with van der Waals surface area (Å²) in [7, 11) is 0. The molecule has 0 aromatic carbocycles. The molecule has 2 aromatic rings. The maximum atomic E-state index is 11.0. The average molecular weight is 491 g/mol. The molecule has 2 N–H and O–H groups in total. The van der Waals surface area contributed by atoms with Gasteiger partial charge in [0.25, 0.3) is 0 Å². The highest BCUT2D eigenvalue weighted by Gasteiger charge is 2.13. The lowest BCUT2D eigenvalue weighted by Gasteiger charge is -2.09. The van der Waals surface area contributed by atoms with Gasteiger partial charge in [0.15, 0.2) is 9.75 Å². The van der Waals surface area contributed by atoms with Crippen molar-refractivity contribution in [1.82, 2.24) is 0 Å². The minimum atomic E-state index is -1.00. The van der Waals surface area contributed by atoms with Crippen LogP contribution in [0.3, 0.4) is 0 Å². The maximum Gasteiger partial charge on any atom is 0.349 e. The Balaban J connectivity index is 1.32. The van der Waals surface area contributed by atoms with E-state index in [0.717, 1.165) is 22.7 Å². The van der Waals surface area contributed by atoms with E-state index < -0.39 is 11.9 Å². The van der Waals surface area contributed by atoms with Gasteiger partial charge in [-0.2, -0.15) is 0 Å². The molecule has 2 heterocycles. The summed E-state index contributed by atoms with van der Waals surface area (Å²) in [5, 5.41) is 21.3. The summed E-state index contributed by atoms with van der Waals surface area (Å²) in [6, 6.07) is 3.25. The number of carboxylic acids is 2. The quantitative estimate of drug-likeness (QED) is 0.284. The van der Waals surface area contributed by atoms with Gasteiger partial charge in [-0.3, -0.25) is 0 Å². The molecule has 0 unspecified atom stereocenters. The van der Waals surface area contributed by atoms with E-state index in [1.54, 1.807) is 22.9 Å². The highest BCUT2D eigenvalue weighted by Crippen LogP contribution is 2.25. The summed E-state index contributed by atoms with van der Waals surface area (Å²) < 4.78 is 32.2. The van der Waals surface area contributed by atoms with Gasteiger partial charge in [0.2, 0.25) is 0 Å². The van der Waals surface area contributed by atoms with Crippen molar-refractivity contribution < 1.29 is 48.2 Å². The summed E-state index contributed by atoms with van der Waals surface area (Å²) in [5.41, 5.74) is 0. The summed E-state index contributed by atoms with van der Waals surface area (Å²) in [5.74, 6) is -1.30. The van der Waals surface area contributed by atoms with Crippen LogP contribution in [0.5, 0.6) is 11.5 Å². The number of rotatable bonds is 19. The van der Waals surface area contributed by atoms with E-state index in [2.05, 4.69) is 0 Å². The van der Waals surface area contributed by atoms with E-state index in [4.69, 9.17) is 38.6 Å². The SMILES string of the molecule is O=C(O)c1sccc1OCCOCCOCCOCCOCCOc1ccsc1C(=O)O. The maximum absolute atomic E-state index is 11.0. The van der Waals surface area contributed by atoms with E-state index in [0.29, 0.717) is 64.4 Å². The topological polar surface area (TPSA) is 130 Å². The Hall–Kier alpha value is -2.22. The average Bonchev–Trinajstić information content (AvgIpc) is 3.43. The predicted octanol–water partition coefficient (Wildman–Crippen LogP) is 2.73. The minimum absolute atomic E-state index is 0.180. The Kier molecular flexibility index (Phi) is 12.7. The molecule has 0 aliphatic rings. The van der Waals surface area contributed by atoms with Crippen molar-refractivity contribution in [2.24, 2.45) is 0 Å². The predicted molar refractivity (Wildman–Crippen MR) is 117 cm³/mol. The highest BCUT2D eigenvalue weighted by molar-refractivity contribution is 7.12. The zero-order valence-corrected chi connectivity index (χ0v) is 19.0. The molecule has 0 bridgehead atoms. The number of carboxylic acid groups (broad SMARTS) is 2. The third kappa shape index (κ3) is 9.94. The standard InChI is InChI=1S/C20H26O10S2/c21-19(22)17-15(1-13-31-17)29-11-9-27-7-5-25-3-4-26-6-8-28-10-12-30-16-2-14-32-18(16)20(23)24/h1-2,13-14H,3-12H2,(H,21,22)(H,23,24). The molecule has 2 aromatic heterocycles. The van der Waals surface area contributed by atoms with Crippen molar-refractivity contribution in [2.75, 3.05) is 66.1 Å². The fourth-order valence-electron chi connectivity index (χ4n) is 2.32. The van der Waals surface area contributed by atoms with Crippen molar-refractivity contribution >= 4 is 34.6 Å². The van der Waals surface area contributed by atoms with Crippen LogP contribution in [0.2, 0.25) is 0 Å². The molecular formula is C20H26O10S2. The fourth-order valence-corrected chi connectivity index (χ4v) is 3.66. The van der Waals surface area contributed by atoms with Gasteiger partial charge in [-0.15, -0.1) is 22.7 Å². The lowest BCUT2D eigenvalue weighted by Crippen LogP contribution is -2.15.